The normalized spacial score (nSPS) is 14.4. The number of hydrogen-bond acceptors (Lipinski definition) is 3. The third-order valence-electron chi connectivity index (χ3n) is 33.9. The Morgan fingerprint density at radius 2 is 0.340 bits per heavy atom. The summed E-state index contributed by atoms with van der Waals surface area (Å²) in [7, 11) is 0. The van der Waals surface area contributed by atoms with E-state index in [1.54, 1.807) is 0 Å². The van der Waals surface area contributed by atoms with Gasteiger partial charge in [0.05, 0.1) is 34.1 Å². The van der Waals surface area contributed by atoms with E-state index in [9.17, 15) is 0 Å². The lowest BCUT2D eigenvalue weighted by Crippen LogP contribution is -2.31. The molecule has 0 saturated carbocycles. The van der Waals surface area contributed by atoms with Gasteiger partial charge < -0.3 is 14.7 Å². The molecule has 0 N–H and O–H groups in total. The van der Waals surface area contributed by atoms with E-state index >= 15 is 0 Å². The maximum absolute atomic E-state index is 2.52. The summed E-state index contributed by atoms with van der Waals surface area (Å²) in [5.41, 5.74) is 46.4. The van der Waals surface area contributed by atoms with Crippen LogP contribution < -0.4 is 14.7 Å². The van der Waals surface area contributed by atoms with Crippen LogP contribution in [0, 0.1) is 0 Å². The van der Waals surface area contributed by atoms with Gasteiger partial charge in [0.15, 0.2) is 0 Å². The number of rotatable bonds is 10. The first-order valence-corrected chi connectivity index (χ1v) is 53.0. The molecular formula is C147H113N3. The van der Waals surface area contributed by atoms with Crippen molar-refractivity contribution in [2.24, 2.45) is 0 Å². The zero-order chi connectivity index (χ0) is 101. The van der Waals surface area contributed by atoms with E-state index in [2.05, 4.69) is 587 Å². The lowest BCUT2D eigenvalue weighted by atomic mass is 9.72. The second kappa shape index (κ2) is 35.3. The molecule has 150 heavy (non-hydrogen) atoms. The van der Waals surface area contributed by atoms with Gasteiger partial charge in [-0.1, -0.05) is 445 Å². The van der Waals surface area contributed by atoms with E-state index in [1.165, 1.54) is 266 Å². The van der Waals surface area contributed by atoms with Crippen LogP contribution in [0.2, 0.25) is 0 Å². The van der Waals surface area contributed by atoms with Crippen LogP contribution in [0.1, 0.15) is 125 Å². The van der Waals surface area contributed by atoms with Gasteiger partial charge in [-0.05, 0) is 348 Å². The van der Waals surface area contributed by atoms with Crippen LogP contribution in [0.4, 0.5) is 51.2 Å². The largest absolute Gasteiger partial charge is 0.310 e. The molecule has 3 aliphatic heterocycles. The molecule has 0 unspecified atom stereocenters. The zero-order valence-electron chi connectivity index (χ0n) is 86.3. The van der Waals surface area contributed by atoms with Gasteiger partial charge >= 0.3 is 0 Å². The minimum absolute atomic E-state index is 0.0825. The minimum Gasteiger partial charge on any atom is -0.310 e. The predicted octanol–water partition coefficient (Wildman–Crippen LogP) is 40.6. The maximum Gasteiger partial charge on any atom is 0.0503 e. The summed E-state index contributed by atoms with van der Waals surface area (Å²) >= 11 is 0. The second-order valence-corrected chi connectivity index (χ2v) is 44.3. The van der Waals surface area contributed by atoms with Gasteiger partial charge in [-0.25, -0.2) is 0 Å². The predicted molar refractivity (Wildman–Crippen MR) is 638 cm³/mol. The summed E-state index contributed by atoms with van der Waals surface area (Å²) in [5, 5.41) is 15.2. The van der Waals surface area contributed by atoms with Crippen LogP contribution in [0.3, 0.4) is 0 Å². The maximum atomic E-state index is 2.52. The molecule has 0 amide bonds. The fraction of sp³-hybridized carbons (Fsp3) is 0.102. The summed E-state index contributed by atoms with van der Waals surface area (Å²) in [5.74, 6) is 0. The lowest BCUT2D eigenvalue weighted by molar-refractivity contribution is 0.632. The van der Waals surface area contributed by atoms with Gasteiger partial charge in [0.2, 0.25) is 0 Å². The molecule has 3 heteroatoms. The number of hydrogen-bond donors (Lipinski definition) is 0. The lowest BCUT2D eigenvalue weighted by Gasteiger charge is -2.43. The van der Waals surface area contributed by atoms with Crippen molar-refractivity contribution < 1.29 is 0 Å². The van der Waals surface area contributed by atoms with Crippen molar-refractivity contribution in [1.29, 1.82) is 0 Å². The Labute approximate surface area is 879 Å². The zero-order valence-corrected chi connectivity index (χ0v) is 86.3. The third-order valence-corrected chi connectivity index (χ3v) is 33.9. The average Bonchev–Trinajstić information content (AvgIpc) is 0.918. The van der Waals surface area contributed by atoms with E-state index in [4.69, 9.17) is 0 Å². The standard InChI is InChI=1S/2C50H39N.C47H35N/c2*1-49(2)43-19-10-9-17-41(43)42-25-24-38(31-44(42)49)51-47-26-22-36(35-21-20-32-12-5-6-14-34(32)28-35)29-45(47)50(3,4)46-30-37(23-27-48(46)51)40-18-11-15-33-13-7-8-16-39(33)40;1-47(2)43-30-38(37-20-19-33-13-6-7-15-36(33)29-37)23-27-45(43)48(40-25-21-34(22-26-40)32-11-4-3-5-12-32)46-28-24-39(31-44(46)47)42-18-10-16-35-14-8-9-17-41(35)42/h2*5-31H,1-4H3;3-31H,1-2H3. The Balaban J connectivity index is 0.000000111. The number of fused-ring (bicyclic) bond motifs is 18. The smallest absolute Gasteiger partial charge is 0.0503 e. The molecule has 24 aromatic carbocycles. The van der Waals surface area contributed by atoms with Crippen LogP contribution in [0.25, 0.3) is 165 Å². The van der Waals surface area contributed by atoms with E-state index in [1.807, 2.05) is 0 Å². The molecule has 0 atom stereocenters. The molecule has 0 spiro atoms. The summed E-state index contributed by atoms with van der Waals surface area (Å²) in [6.45, 7) is 23.9. The molecule has 0 aromatic heterocycles. The van der Waals surface area contributed by atoms with Crippen molar-refractivity contribution in [2.75, 3.05) is 14.7 Å². The van der Waals surface area contributed by atoms with Crippen molar-refractivity contribution in [2.45, 2.75) is 96.3 Å². The van der Waals surface area contributed by atoms with Crippen LogP contribution in [0.5, 0.6) is 0 Å². The molecule has 0 saturated heterocycles. The highest BCUT2D eigenvalue weighted by atomic mass is 15.2. The summed E-state index contributed by atoms with van der Waals surface area (Å²) < 4.78 is 0. The summed E-state index contributed by atoms with van der Waals surface area (Å²) in [6.07, 6.45) is 0. The molecule has 24 aromatic rings. The first-order valence-electron chi connectivity index (χ1n) is 53.0. The van der Waals surface area contributed by atoms with E-state index < -0.39 is 0 Å². The SMILES string of the molecule is CC1(C)c2cc(-c3ccc4ccccc4c3)ccc2N(c2ccc(-c3ccccc3)cc2)c2ccc(-c3cccc4ccccc34)cc21.CC1(C)c2ccccc2-c2ccc(N3c4ccc(-c5ccc6ccccc6c5)cc4C(C)(C)c4cc(-c5cccc6ccccc56)ccc43)cc21.CC1(C)c2ccccc2-c2ccc(N3c4ccc(-c5ccc6ccccc6c5)cc4C(C)(C)c4cc(-c5cccc6ccccc56)ccc43)cc21. The van der Waals surface area contributed by atoms with E-state index in [0.717, 1.165) is 5.69 Å². The molecule has 0 fully saturated rings. The van der Waals surface area contributed by atoms with E-state index in [-0.39, 0.29) is 27.1 Å². The van der Waals surface area contributed by atoms with Crippen molar-refractivity contribution in [3.05, 3.63) is 559 Å². The Kier molecular flexibility index (Phi) is 21.4. The number of nitrogens with zero attached hydrogens (tertiary/aromatic N) is 3. The van der Waals surface area contributed by atoms with Gasteiger partial charge in [-0.3, -0.25) is 0 Å². The van der Waals surface area contributed by atoms with Gasteiger partial charge in [-0.15, -0.1) is 0 Å². The Morgan fingerprint density at radius 3 is 0.680 bits per heavy atom. The molecular weight excluding hydrogens is 1810 g/mol. The Morgan fingerprint density at radius 1 is 0.120 bits per heavy atom. The molecule has 716 valence electrons. The monoisotopic (exact) mass is 1920 g/mol. The van der Waals surface area contributed by atoms with E-state index in [0.29, 0.717) is 0 Å². The van der Waals surface area contributed by atoms with Crippen molar-refractivity contribution >= 4 is 116 Å². The van der Waals surface area contributed by atoms with Crippen molar-refractivity contribution in [3.8, 4) is 100 Å². The van der Waals surface area contributed by atoms with Gasteiger partial charge in [0.1, 0.15) is 0 Å². The van der Waals surface area contributed by atoms with Crippen LogP contribution in [-0.4, -0.2) is 0 Å². The Hall–Kier alpha value is -17.8. The van der Waals surface area contributed by atoms with Crippen molar-refractivity contribution in [1.82, 2.24) is 0 Å². The van der Waals surface area contributed by atoms with Crippen LogP contribution in [0.15, 0.2) is 504 Å². The minimum atomic E-state index is -0.249. The van der Waals surface area contributed by atoms with Gasteiger partial charge in [-0.2, -0.15) is 0 Å². The van der Waals surface area contributed by atoms with Crippen LogP contribution in [-0.2, 0) is 27.1 Å². The number of benzene rings is 24. The summed E-state index contributed by atoms with van der Waals surface area (Å²) in [6, 6.07) is 187. The Bertz CT molecular complexity index is 9250. The first-order chi connectivity index (χ1) is 73.1. The fourth-order valence-corrected chi connectivity index (χ4v) is 25.7. The molecule has 5 aliphatic rings. The molecule has 29 rings (SSSR count). The highest BCUT2D eigenvalue weighted by Gasteiger charge is 2.45. The first kappa shape index (κ1) is 91.0. The molecule has 3 heterocycles. The molecule has 0 radical (unpaired) electrons. The van der Waals surface area contributed by atoms with Crippen molar-refractivity contribution in [3.63, 3.8) is 0 Å². The summed E-state index contributed by atoms with van der Waals surface area (Å²) in [4.78, 5) is 7.50. The quantitative estimate of drug-likeness (QED) is 0.135. The molecule has 0 bridgehead atoms. The van der Waals surface area contributed by atoms with Crippen LogP contribution >= 0.6 is 0 Å². The van der Waals surface area contributed by atoms with Gasteiger partial charge in [0, 0.05) is 44.1 Å². The second-order valence-electron chi connectivity index (χ2n) is 44.3. The highest BCUT2D eigenvalue weighted by Crippen LogP contribution is 2.61. The fourth-order valence-electron chi connectivity index (χ4n) is 25.7. The number of anilines is 9. The average molecular weight is 1920 g/mol. The topological polar surface area (TPSA) is 9.72 Å². The van der Waals surface area contributed by atoms with Gasteiger partial charge in [0.25, 0.3) is 0 Å². The molecule has 3 nitrogen and oxygen atoms in total. The molecule has 2 aliphatic carbocycles. The third kappa shape index (κ3) is 15.0. The highest BCUT2D eigenvalue weighted by molar-refractivity contribution is 6.04.